The summed E-state index contributed by atoms with van der Waals surface area (Å²) in [6.45, 7) is 1.54. The summed E-state index contributed by atoms with van der Waals surface area (Å²) in [6.07, 6.45) is 5.15. The molecule has 1 atom stereocenters. The number of carbonyl (C=O) groups is 2. The number of carboxylic acid groups (broad SMARTS) is 1. The van der Waals surface area contributed by atoms with E-state index in [0.717, 1.165) is 10.2 Å². The monoisotopic (exact) mass is 474 g/mol. The molecule has 0 saturated carbocycles. The first kappa shape index (κ1) is 23.8. The number of pyridine rings is 2. The molecule has 1 unspecified atom stereocenters. The molecule has 3 aromatic rings. The van der Waals surface area contributed by atoms with Crippen molar-refractivity contribution in [1.29, 1.82) is 0 Å². The zero-order chi connectivity index (χ0) is 24.2. The number of hydrogen-bond donors (Lipinski definition) is 2. The fraction of sp³-hybridized carbons (Fsp3) is 0.143. The van der Waals surface area contributed by atoms with Gasteiger partial charge in [0.15, 0.2) is 6.23 Å². The van der Waals surface area contributed by atoms with Gasteiger partial charge in [-0.1, -0.05) is 0 Å². The van der Waals surface area contributed by atoms with Crippen molar-refractivity contribution < 1.29 is 32.2 Å². The van der Waals surface area contributed by atoms with E-state index in [0.29, 0.717) is 17.7 Å². The third kappa shape index (κ3) is 4.96. The number of halogens is 1. The third-order valence-electron chi connectivity index (χ3n) is 4.61. The highest BCUT2D eigenvalue weighted by molar-refractivity contribution is 7.90. The summed E-state index contributed by atoms with van der Waals surface area (Å²) in [5, 5.41) is 11.4. The van der Waals surface area contributed by atoms with Gasteiger partial charge in [-0.15, -0.1) is 0 Å². The van der Waals surface area contributed by atoms with Crippen molar-refractivity contribution in [3.8, 4) is 11.3 Å². The minimum absolute atomic E-state index is 0.0168. The van der Waals surface area contributed by atoms with E-state index in [1.807, 2.05) is 0 Å². The number of nitrogens with zero attached hydrogens (tertiary/aromatic N) is 3. The van der Waals surface area contributed by atoms with Crippen molar-refractivity contribution in [2.24, 2.45) is 0 Å². The smallest absolute Gasteiger partial charge is 0.332 e. The van der Waals surface area contributed by atoms with Gasteiger partial charge in [0.2, 0.25) is 5.95 Å². The largest absolute Gasteiger partial charge is 0.478 e. The Morgan fingerprint density at radius 2 is 1.97 bits per heavy atom. The highest BCUT2D eigenvalue weighted by atomic mass is 32.2. The number of hydrogen-bond acceptors (Lipinski definition) is 8. The molecule has 33 heavy (non-hydrogen) atoms. The van der Waals surface area contributed by atoms with E-state index in [9.17, 15) is 22.4 Å². The summed E-state index contributed by atoms with van der Waals surface area (Å²) in [5.74, 6) is -3.21. The molecule has 0 aliphatic heterocycles. The van der Waals surface area contributed by atoms with Crippen LogP contribution in [0.3, 0.4) is 0 Å². The molecule has 12 heteroatoms. The van der Waals surface area contributed by atoms with Gasteiger partial charge in [0.05, 0.1) is 11.3 Å². The van der Waals surface area contributed by atoms with Gasteiger partial charge in [-0.2, -0.15) is 4.39 Å². The number of carbonyl (C=O) groups excluding carboxylic acids is 1. The predicted molar refractivity (Wildman–Crippen MR) is 114 cm³/mol. The zero-order valence-electron chi connectivity index (χ0n) is 17.5. The second-order valence-electron chi connectivity index (χ2n) is 6.67. The fourth-order valence-corrected chi connectivity index (χ4v) is 4.51. The summed E-state index contributed by atoms with van der Waals surface area (Å²) in [5.41, 5.74) is 0.404. The third-order valence-corrected chi connectivity index (χ3v) is 6.25. The van der Waals surface area contributed by atoms with E-state index in [2.05, 4.69) is 15.3 Å². The lowest BCUT2D eigenvalue weighted by molar-refractivity contribution is -0.145. The van der Waals surface area contributed by atoms with Crippen molar-refractivity contribution in [2.45, 2.75) is 18.0 Å². The topological polar surface area (TPSA) is 140 Å². The molecule has 3 rings (SSSR count). The van der Waals surface area contributed by atoms with Crippen LogP contribution in [0, 0.1) is 12.9 Å². The van der Waals surface area contributed by atoms with Crippen molar-refractivity contribution >= 4 is 22.0 Å². The Kier molecular flexibility index (Phi) is 6.99. The van der Waals surface area contributed by atoms with E-state index >= 15 is 0 Å². The molecule has 3 heterocycles. The molecule has 0 spiro atoms. The Morgan fingerprint density at radius 1 is 1.24 bits per heavy atom. The van der Waals surface area contributed by atoms with Crippen LogP contribution in [0.1, 0.15) is 17.4 Å². The molecule has 3 aromatic heterocycles. The number of esters is 1. The number of aliphatic carboxylic acids is 1. The number of ether oxygens (including phenoxy) is 1. The summed E-state index contributed by atoms with van der Waals surface area (Å²) < 4.78 is 47.5. The van der Waals surface area contributed by atoms with E-state index in [1.165, 1.54) is 56.8 Å². The van der Waals surface area contributed by atoms with Gasteiger partial charge < -0.3 is 9.84 Å². The van der Waals surface area contributed by atoms with E-state index < -0.39 is 34.1 Å². The van der Waals surface area contributed by atoms with Crippen molar-refractivity contribution in [1.82, 2.24) is 19.3 Å². The zero-order valence-corrected chi connectivity index (χ0v) is 18.3. The quantitative estimate of drug-likeness (QED) is 0.217. The van der Waals surface area contributed by atoms with Gasteiger partial charge in [-0.3, -0.25) is 10.3 Å². The first-order valence-electron chi connectivity index (χ1n) is 9.44. The summed E-state index contributed by atoms with van der Waals surface area (Å²) in [4.78, 5) is 30.0. The lowest BCUT2D eigenvalue weighted by Gasteiger charge is -2.16. The molecule has 2 N–H and O–H groups in total. The maximum atomic E-state index is 14.6. The Labute approximate surface area is 188 Å². The lowest BCUT2D eigenvalue weighted by atomic mass is 10.1. The van der Waals surface area contributed by atoms with Crippen molar-refractivity contribution in [2.75, 3.05) is 7.05 Å². The summed E-state index contributed by atoms with van der Waals surface area (Å²) >= 11 is 0. The normalized spacial score (nSPS) is 12.6. The highest BCUT2D eigenvalue weighted by Gasteiger charge is 2.30. The molecule has 0 amide bonds. The molecule has 0 aromatic carbocycles. The van der Waals surface area contributed by atoms with Crippen LogP contribution in [0.25, 0.3) is 11.3 Å². The van der Waals surface area contributed by atoms with Gasteiger partial charge in [0, 0.05) is 42.5 Å². The van der Waals surface area contributed by atoms with Gasteiger partial charge in [-0.25, -0.2) is 27.0 Å². The van der Waals surface area contributed by atoms with E-state index in [1.54, 1.807) is 0 Å². The molecule has 0 bridgehead atoms. The minimum Gasteiger partial charge on any atom is -0.478 e. The number of rotatable bonds is 8. The first-order valence-corrected chi connectivity index (χ1v) is 10.9. The SMILES string of the molecule is CNC(OC(=O)/C=C/C(=O)O)c1cn(S(=O)(=O)c2cccnc2)c(-c2cccnc2F)c1C. The van der Waals surface area contributed by atoms with Crippen LogP contribution in [-0.4, -0.2) is 46.5 Å². The Bertz CT molecular complexity index is 1320. The number of nitrogens with one attached hydrogen (secondary N) is 1. The van der Waals surface area contributed by atoms with Crippen LogP contribution < -0.4 is 5.32 Å². The maximum Gasteiger partial charge on any atom is 0.332 e. The van der Waals surface area contributed by atoms with Crippen LogP contribution in [0.4, 0.5) is 4.39 Å². The Hall–Kier alpha value is -3.90. The standard InChI is InChI=1S/C21H19FN4O6S/c1-13-16(21(23-2)32-18(29)8-7-17(27)28)12-26(19(13)15-6-4-10-25-20(15)22)33(30,31)14-5-3-9-24-11-14/h3-12,21,23H,1-2H3,(H,27,28)/b8-7+. The van der Waals surface area contributed by atoms with E-state index in [-0.39, 0.29) is 21.7 Å². The molecule has 0 aliphatic rings. The lowest BCUT2D eigenvalue weighted by Crippen LogP contribution is -2.22. The average molecular weight is 474 g/mol. The van der Waals surface area contributed by atoms with Crippen LogP contribution in [-0.2, 0) is 24.3 Å². The molecular formula is C21H19FN4O6S. The van der Waals surface area contributed by atoms with Crippen molar-refractivity contribution in [3.63, 3.8) is 0 Å². The van der Waals surface area contributed by atoms with Crippen LogP contribution >= 0.6 is 0 Å². The van der Waals surface area contributed by atoms with Crippen LogP contribution in [0.15, 0.2) is 66.1 Å². The Morgan fingerprint density at radius 3 is 2.58 bits per heavy atom. The first-order chi connectivity index (χ1) is 15.7. The van der Waals surface area contributed by atoms with Crippen LogP contribution in [0.5, 0.6) is 0 Å². The molecule has 0 aliphatic carbocycles. The van der Waals surface area contributed by atoms with Crippen molar-refractivity contribution in [3.05, 3.63) is 78.3 Å². The average Bonchev–Trinajstić information content (AvgIpc) is 3.14. The molecule has 10 nitrogen and oxygen atoms in total. The van der Waals surface area contributed by atoms with Gasteiger partial charge in [-0.05, 0) is 43.8 Å². The second kappa shape index (κ2) is 9.71. The van der Waals surface area contributed by atoms with Crippen LogP contribution in [0.2, 0.25) is 0 Å². The van der Waals surface area contributed by atoms with Gasteiger partial charge in [0.25, 0.3) is 10.0 Å². The highest BCUT2D eigenvalue weighted by Crippen LogP contribution is 2.35. The molecule has 172 valence electrons. The molecule has 0 saturated heterocycles. The van der Waals surface area contributed by atoms with Gasteiger partial charge in [0.1, 0.15) is 4.90 Å². The molecular weight excluding hydrogens is 455 g/mol. The molecule has 0 fully saturated rings. The van der Waals surface area contributed by atoms with E-state index in [4.69, 9.17) is 9.84 Å². The van der Waals surface area contributed by atoms with Gasteiger partial charge >= 0.3 is 11.9 Å². The summed E-state index contributed by atoms with van der Waals surface area (Å²) in [6, 6.07) is 5.62. The number of aromatic nitrogens is 3. The number of carboxylic acids is 1. The summed E-state index contributed by atoms with van der Waals surface area (Å²) in [7, 11) is -2.77. The minimum atomic E-state index is -4.23. The fourth-order valence-electron chi connectivity index (χ4n) is 3.11. The molecule has 0 radical (unpaired) electrons. The second-order valence-corrected chi connectivity index (χ2v) is 8.48. The Balaban J connectivity index is 2.20. The predicted octanol–water partition coefficient (Wildman–Crippen LogP) is 2.03. The maximum absolute atomic E-state index is 14.6.